The zero-order valence-electron chi connectivity index (χ0n) is 20.1. The van der Waals surface area contributed by atoms with E-state index >= 15 is 0 Å². The number of aromatic nitrogens is 2. The molecule has 2 amide bonds. The number of carbonyl (C=O) groups excluding carboxylic acids is 2. The topological polar surface area (TPSA) is 105 Å². The maximum Gasteiger partial charge on any atom is 0.270 e. The third-order valence-corrected chi connectivity index (χ3v) is 5.42. The Labute approximate surface area is 208 Å². The second kappa shape index (κ2) is 10.1. The number of pyridine rings is 2. The molecule has 36 heavy (non-hydrogen) atoms. The minimum atomic E-state index is -1.13. The molecule has 0 saturated heterocycles. The van der Waals surface area contributed by atoms with Gasteiger partial charge in [-0.15, -0.1) is 0 Å². The van der Waals surface area contributed by atoms with E-state index in [0.29, 0.717) is 35.7 Å². The standard InChI is InChI=1S/C27H25FN4O4/c1-27(2,35)12-10-17-14-18-4-9-22(26(34)32(3)24(18)30-16-17)31-25(33)23-15-21(11-13-29-23)36-20-7-5-19(28)6-8-20/h5-8,11,13-16,22,35H,4,9H2,1-3H3,(H,31,33). The number of aryl methyl sites for hydroxylation is 1. The van der Waals surface area contributed by atoms with Crippen molar-refractivity contribution < 1.29 is 23.8 Å². The Morgan fingerprint density at radius 3 is 2.67 bits per heavy atom. The summed E-state index contributed by atoms with van der Waals surface area (Å²) in [6.07, 6.45) is 3.82. The maximum absolute atomic E-state index is 13.1. The van der Waals surface area contributed by atoms with Crippen molar-refractivity contribution >= 4 is 17.6 Å². The van der Waals surface area contributed by atoms with Crippen LogP contribution in [0.1, 0.15) is 41.9 Å². The summed E-state index contributed by atoms with van der Waals surface area (Å²) in [4.78, 5) is 35.9. The second-order valence-corrected chi connectivity index (χ2v) is 8.91. The predicted octanol–water partition coefficient (Wildman–Crippen LogP) is 3.24. The molecule has 2 N–H and O–H groups in total. The molecule has 2 aromatic heterocycles. The molecule has 3 aromatic rings. The highest BCUT2D eigenvalue weighted by Crippen LogP contribution is 2.25. The first-order chi connectivity index (χ1) is 17.1. The minimum absolute atomic E-state index is 0.0779. The van der Waals surface area contributed by atoms with Crippen LogP contribution in [0.25, 0.3) is 0 Å². The van der Waals surface area contributed by atoms with Gasteiger partial charge in [0.2, 0.25) is 5.91 Å². The zero-order chi connectivity index (χ0) is 25.9. The molecular formula is C27H25FN4O4. The molecule has 1 atom stereocenters. The number of anilines is 1. The SMILES string of the molecule is CN1C(=O)C(NC(=O)c2cc(Oc3ccc(F)cc3)ccn2)CCc2cc(C#CC(C)(C)O)cnc21. The largest absolute Gasteiger partial charge is 0.457 e. The van der Waals surface area contributed by atoms with Gasteiger partial charge < -0.3 is 15.2 Å². The van der Waals surface area contributed by atoms with Crippen molar-refractivity contribution in [3.05, 3.63) is 77.5 Å². The van der Waals surface area contributed by atoms with E-state index in [-0.39, 0.29) is 17.4 Å². The molecule has 3 heterocycles. The van der Waals surface area contributed by atoms with Crippen molar-refractivity contribution in [3.63, 3.8) is 0 Å². The Morgan fingerprint density at radius 2 is 1.94 bits per heavy atom. The van der Waals surface area contributed by atoms with Crippen molar-refractivity contribution in [1.82, 2.24) is 15.3 Å². The number of hydrogen-bond acceptors (Lipinski definition) is 6. The van der Waals surface area contributed by atoms with Crippen molar-refractivity contribution in [2.75, 3.05) is 11.9 Å². The molecule has 9 heteroatoms. The summed E-state index contributed by atoms with van der Waals surface area (Å²) < 4.78 is 18.8. The van der Waals surface area contributed by atoms with Crippen molar-refractivity contribution in [2.24, 2.45) is 0 Å². The molecule has 1 aliphatic heterocycles. The summed E-state index contributed by atoms with van der Waals surface area (Å²) in [5.74, 6) is 5.69. The van der Waals surface area contributed by atoms with Gasteiger partial charge in [-0.2, -0.15) is 0 Å². The third kappa shape index (κ3) is 6.03. The molecule has 0 fully saturated rings. The second-order valence-electron chi connectivity index (χ2n) is 8.91. The quantitative estimate of drug-likeness (QED) is 0.547. The molecule has 1 aromatic carbocycles. The van der Waals surface area contributed by atoms with Crippen LogP contribution in [-0.4, -0.2) is 45.6 Å². The van der Waals surface area contributed by atoms with Gasteiger partial charge >= 0.3 is 0 Å². The van der Waals surface area contributed by atoms with Crippen LogP contribution in [0, 0.1) is 17.7 Å². The Balaban J connectivity index is 1.47. The van der Waals surface area contributed by atoms with Gasteiger partial charge in [0, 0.05) is 31.1 Å². The number of carbonyl (C=O) groups is 2. The highest BCUT2D eigenvalue weighted by atomic mass is 19.1. The van der Waals surface area contributed by atoms with Crippen LogP contribution in [0.2, 0.25) is 0 Å². The van der Waals surface area contributed by atoms with Crippen LogP contribution >= 0.6 is 0 Å². The Morgan fingerprint density at radius 1 is 1.19 bits per heavy atom. The lowest BCUT2D eigenvalue weighted by molar-refractivity contribution is -0.120. The van der Waals surface area contributed by atoms with Crippen molar-refractivity contribution in [2.45, 2.75) is 38.3 Å². The van der Waals surface area contributed by atoms with E-state index in [2.05, 4.69) is 27.1 Å². The van der Waals surface area contributed by atoms with Gasteiger partial charge in [0.15, 0.2) is 0 Å². The fourth-order valence-electron chi connectivity index (χ4n) is 3.65. The summed E-state index contributed by atoms with van der Waals surface area (Å²) in [6.45, 7) is 3.19. The smallest absolute Gasteiger partial charge is 0.270 e. The number of fused-ring (bicyclic) bond motifs is 1. The number of halogens is 1. The van der Waals surface area contributed by atoms with E-state index in [1.165, 1.54) is 41.4 Å². The number of aliphatic hydroxyl groups is 1. The zero-order valence-corrected chi connectivity index (χ0v) is 20.1. The summed E-state index contributed by atoms with van der Waals surface area (Å²) in [5, 5.41) is 12.6. The number of hydrogen-bond donors (Lipinski definition) is 2. The number of ether oxygens (including phenoxy) is 1. The molecular weight excluding hydrogens is 463 g/mol. The first-order valence-corrected chi connectivity index (χ1v) is 11.3. The highest BCUT2D eigenvalue weighted by Gasteiger charge is 2.30. The molecule has 4 rings (SSSR count). The van der Waals surface area contributed by atoms with E-state index in [0.717, 1.165) is 5.56 Å². The number of nitrogens with zero attached hydrogens (tertiary/aromatic N) is 3. The molecule has 1 unspecified atom stereocenters. The molecule has 0 saturated carbocycles. The molecule has 184 valence electrons. The van der Waals surface area contributed by atoms with E-state index in [9.17, 15) is 19.1 Å². The summed E-state index contributed by atoms with van der Waals surface area (Å²) in [5.41, 5.74) is 0.387. The van der Waals surface area contributed by atoms with E-state index < -0.39 is 17.6 Å². The average Bonchev–Trinajstić information content (AvgIpc) is 2.96. The Hall–Kier alpha value is -4.29. The van der Waals surface area contributed by atoms with Crippen molar-refractivity contribution in [1.29, 1.82) is 0 Å². The number of rotatable bonds is 4. The van der Waals surface area contributed by atoms with Gasteiger partial charge in [0.05, 0.1) is 0 Å². The summed E-state index contributed by atoms with van der Waals surface area (Å²) in [7, 11) is 1.61. The molecule has 0 bridgehead atoms. The first kappa shape index (κ1) is 24.8. The normalized spacial score (nSPS) is 15.3. The first-order valence-electron chi connectivity index (χ1n) is 11.3. The number of benzene rings is 1. The lowest BCUT2D eigenvalue weighted by Crippen LogP contribution is -2.47. The third-order valence-electron chi connectivity index (χ3n) is 5.42. The van der Waals surface area contributed by atoms with Crippen LogP contribution in [-0.2, 0) is 11.2 Å². The average molecular weight is 489 g/mol. The van der Waals surface area contributed by atoms with Crippen LogP contribution in [0.5, 0.6) is 11.5 Å². The van der Waals surface area contributed by atoms with Crippen LogP contribution in [0.4, 0.5) is 10.2 Å². The van der Waals surface area contributed by atoms with E-state index in [1.807, 2.05) is 6.07 Å². The van der Waals surface area contributed by atoms with Crippen LogP contribution in [0.3, 0.4) is 0 Å². The lowest BCUT2D eigenvalue weighted by atomic mass is 10.1. The van der Waals surface area contributed by atoms with Gasteiger partial charge in [-0.3, -0.25) is 19.5 Å². The van der Waals surface area contributed by atoms with E-state index in [1.54, 1.807) is 33.2 Å². The predicted molar refractivity (Wildman–Crippen MR) is 131 cm³/mol. The Kier molecular flexibility index (Phi) is 6.99. The molecule has 0 aliphatic carbocycles. The fourth-order valence-corrected chi connectivity index (χ4v) is 3.65. The number of likely N-dealkylation sites (N-methyl/N-ethyl adjacent to an activating group) is 1. The van der Waals surface area contributed by atoms with Gasteiger partial charge in [-0.05, 0) is 68.7 Å². The maximum atomic E-state index is 13.1. The Bertz CT molecular complexity index is 1360. The van der Waals surface area contributed by atoms with E-state index in [4.69, 9.17) is 4.74 Å². The van der Waals surface area contributed by atoms with Gasteiger partial charge in [0.1, 0.15) is 40.5 Å². The van der Waals surface area contributed by atoms with Gasteiger partial charge in [-0.25, -0.2) is 9.37 Å². The summed E-state index contributed by atoms with van der Waals surface area (Å²) >= 11 is 0. The molecule has 8 nitrogen and oxygen atoms in total. The molecule has 0 spiro atoms. The number of amides is 2. The molecule has 0 radical (unpaired) electrons. The highest BCUT2D eigenvalue weighted by molar-refractivity contribution is 6.02. The monoisotopic (exact) mass is 488 g/mol. The van der Waals surface area contributed by atoms with Crippen LogP contribution in [0.15, 0.2) is 54.9 Å². The fraction of sp³-hybridized carbons (Fsp3) is 0.259. The number of nitrogens with one attached hydrogen (secondary N) is 1. The summed E-state index contributed by atoms with van der Waals surface area (Å²) in [6, 6.07) is 9.57. The van der Waals surface area contributed by atoms with Crippen molar-refractivity contribution in [3.8, 4) is 23.3 Å². The minimum Gasteiger partial charge on any atom is -0.457 e. The molecule has 1 aliphatic rings. The lowest BCUT2D eigenvalue weighted by Gasteiger charge is -2.21. The van der Waals surface area contributed by atoms with Gasteiger partial charge in [0.25, 0.3) is 5.91 Å². The van der Waals surface area contributed by atoms with Crippen LogP contribution < -0.4 is 15.0 Å². The van der Waals surface area contributed by atoms with Gasteiger partial charge in [-0.1, -0.05) is 11.8 Å².